The van der Waals surface area contributed by atoms with Gasteiger partial charge < -0.3 is 9.84 Å². The fourth-order valence-corrected chi connectivity index (χ4v) is 4.08. The zero-order valence-corrected chi connectivity index (χ0v) is 12.3. The number of allylic oxidation sites excluding steroid dienone is 1. The summed E-state index contributed by atoms with van der Waals surface area (Å²) in [5.41, 5.74) is 1.42. The SMILES string of the molecule is CCCC[C@H]1OC[C@@]2(CO)[C@H](C)C=C(C)[C@H]1[C@H]2C. The van der Waals surface area contributed by atoms with Crippen LogP contribution in [0.1, 0.15) is 47.0 Å². The monoisotopic (exact) mass is 252 g/mol. The largest absolute Gasteiger partial charge is 0.396 e. The number of aliphatic hydroxyl groups excluding tert-OH is 1. The van der Waals surface area contributed by atoms with Crippen LogP contribution in [0.15, 0.2) is 11.6 Å². The van der Waals surface area contributed by atoms with Crippen LogP contribution in [0.25, 0.3) is 0 Å². The molecular weight excluding hydrogens is 224 g/mol. The fraction of sp³-hybridized carbons (Fsp3) is 0.875. The second-order valence-corrected chi connectivity index (χ2v) is 6.40. The summed E-state index contributed by atoms with van der Waals surface area (Å²) in [6.07, 6.45) is 6.37. The first kappa shape index (κ1) is 14.1. The maximum absolute atomic E-state index is 9.87. The molecule has 2 aliphatic rings. The van der Waals surface area contributed by atoms with Gasteiger partial charge in [0, 0.05) is 11.3 Å². The number of hydrogen-bond donors (Lipinski definition) is 1. The van der Waals surface area contributed by atoms with Crippen LogP contribution >= 0.6 is 0 Å². The molecule has 1 N–H and O–H groups in total. The highest BCUT2D eigenvalue weighted by Gasteiger charge is 2.52. The lowest BCUT2D eigenvalue weighted by atomic mass is 9.56. The van der Waals surface area contributed by atoms with Crippen molar-refractivity contribution >= 4 is 0 Å². The summed E-state index contributed by atoms with van der Waals surface area (Å²) in [7, 11) is 0. The predicted octanol–water partition coefficient (Wildman–Crippen LogP) is 3.40. The average molecular weight is 252 g/mol. The molecule has 2 nitrogen and oxygen atoms in total. The maximum Gasteiger partial charge on any atom is 0.0643 e. The summed E-state index contributed by atoms with van der Waals surface area (Å²) < 4.78 is 6.15. The van der Waals surface area contributed by atoms with E-state index in [0.29, 0.717) is 23.9 Å². The van der Waals surface area contributed by atoms with Crippen LogP contribution < -0.4 is 0 Å². The van der Waals surface area contributed by atoms with Crippen LogP contribution in [-0.4, -0.2) is 24.4 Å². The van der Waals surface area contributed by atoms with E-state index in [0.717, 1.165) is 13.0 Å². The van der Waals surface area contributed by atoms with E-state index in [1.807, 2.05) is 0 Å². The third-order valence-corrected chi connectivity index (χ3v) is 5.49. The Labute approximate surface area is 111 Å². The highest BCUT2D eigenvalue weighted by Crippen LogP contribution is 2.52. The van der Waals surface area contributed by atoms with Gasteiger partial charge in [0.25, 0.3) is 0 Å². The van der Waals surface area contributed by atoms with Crippen LogP contribution in [0.2, 0.25) is 0 Å². The van der Waals surface area contributed by atoms with Gasteiger partial charge in [-0.25, -0.2) is 0 Å². The van der Waals surface area contributed by atoms with Gasteiger partial charge in [-0.3, -0.25) is 0 Å². The van der Waals surface area contributed by atoms with Gasteiger partial charge in [-0.15, -0.1) is 0 Å². The van der Waals surface area contributed by atoms with Crippen molar-refractivity contribution < 1.29 is 9.84 Å². The van der Waals surface area contributed by atoms with Crippen LogP contribution in [0.5, 0.6) is 0 Å². The van der Waals surface area contributed by atoms with Crippen LogP contribution in [0.3, 0.4) is 0 Å². The van der Waals surface area contributed by atoms with E-state index >= 15 is 0 Å². The van der Waals surface area contributed by atoms with E-state index in [9.17, 15) is 5.11 Å². The van der Waals surface area contributed by atoms with Crippen LogP contribution in [-0.2, 0) is 4.74 Å². The summed E-state index contributed by atoms with van der Waals surface area (Å²) >= 11 is 0. The van der Waals surface area contributed by atoms with E-state index in [1.165, 1.54) is 18.4 Å². The summed E-state index contributed by atoms with van der Waals surface area (Å²) in [5.74, 6) is 1.45. The third-order valence-electron chi connectivity index (χ3n) is 5.49. The normalized spacial score (nSPS) is 43.7. The highest BCUT2D eigenvalue weighted by molar-refractivity contribution is 5.20. The standard InChI is InChI=1S/C16H28O2/c1-5-6-7-14-15-11(2)8-12(3)16(9-17,10-18-14)13(15)4/h8,12-15,17H,5-7,9-10H2,1-4H3/t12-,13-,14-,15+,16+/m1/s1. The van der Waals surface area contributed by atoms with Gasteiger partial charge in [0.05, 0.1) is 19.3 Å². The predicted molar refractivity (Wildman–Crippen MR) is 74.4 cm³/mol. The van der Waals surface area contributed by atoms with Crippen molar-refractivity contribution in [2.45, 2.75) is 53.1 Å². The van der Waals surface area contributed by atoms with Gasteiger partial charge in [-0.05, 0) is 25.2 Å². The second kappa shape index (κ2) is 5.34. The molecule has 0 aromatic rings. The first-order valence-electron chi connectivity index (χ1n) is 7.47. The summed E-state index contributed by atoms with van der Waals surface area (Å²) in [6.45, 7) is 9.98. The minimum atomic E-state index is -0.0487. The minimum absolute atomic E-state index is 0.0487. The van der Waals surface area contributed by atoms with E-state index in [2.05, 4.69) is 33.8 Å². The van der Waals surface area contributed by atoms with Crippen molar-refractivity contribution in [1.29, 1.82) is 0 Å². The molecular formula is C16H28O2. The molecule has 0 saturated carbocycles. The Bertz CT molecular complexity index is 323. The molecule has 2 rings (SSSR count). The Morgan fingerprint density at radius 3 is 2.78 bits per heavy atom. The first-order chi connectivity index (χ1) is 8.56. The number of unbranched alkanes of at least 4 members (excludes halogenated alkanes) is 1. The lowest BCUT2D eigenvalue weighted by Crippen LogP contribution is -2.56. The van der Waals surface area contributed by atoms with E-state index < -0.39 is 0 Å². The van der Waals surface area contributed by atoms with E-state index in [-0.39, 0.29) is 12.0 Å². The molecule has 5 atom stereocenters. The third kappa shape index (κ3) is 2.04. The molecule has 1 aliphatic carbocycles. The molecule has 2 bridgehead atoms. The Morgan fingerprint density at radius 1 is 1.44 bits per heavy atom. The minimum Gasteiger partial charge on any atom is -0.396 e. The molecule has 0 spiro atoms. The smallest absolute Gasteiger partial charge is 0.0643 e. The molecule has 1 heterocycles. The van der Waals surface area contributed by atoms with Gasteiger partial charge in [-0.2, -0.15) is 0 Å². The molecule has 0 amide bonds. The molecule has 18 heavy (non-hydrogen) atoms. The van der Waals surface area contributed by atoms with E-state index in [1.54, 1.807) is 0 Å². The molecule has 104 valence electrons. The number of ether oxygens (including phenoxy) is 1. The highest BCUT2D eigenvalue weighted by atomic mass is 16.5. The fourth-order valence-electron chi connectivity index (χ4n) is 4.08. The Balaban J connectivity index is 2.26. The number of rotatable bonds is 4. The molecule has 0 aromatic heterocycles. The van der Waals surface area contributed by atoms with Crippen molar-refractivity contribution in [2.24, 2.45) is 23.2 Å². The first-order valence-corrected chi connectivity index (χ1v) is 7.47. The van der Waals surface area contributed by atoms with Crippen molar-refractivity contribution in [2.75, 3.05) is 13.2 Å². The van der Waals surface area contributed by atoms with Crippen molar-refractivity contribution in [1.82, 2.24) is 0 Å². The topological polar surface area (TPSA) is 29.5 Å². The lowest BCUT2D eigenvalue weighted by Gasteiger charge is -2.55. The van der Waals surface area contributed by atoms with Crippen LogP contribution in [0, 0.1) is 23.2 Å². The second-order valence-electron chi connectivity index (χ2n) is 6.40. The Kier molecular flexibility index (Phi) is 4.18. The van der Waals surface area contributed by atoms with E-state index in [4.69, 9.17) is 4.74 Å². The van der Waals surface area contributed by atoms with Crippen molar-refractivity contribution in [3.63, 3.8) is 0 Å². The van der Waals surface area contributed by atoms with Gasteiger partial charge in [0.2, 0.25) is 0 Å². The average Bonchev–Trinajstić information content (AvgIpc) is 2.34. The Morgan fingerprint density at radius 2 is 2.17 bits per heavy atom. The van der Waals surface area contributed by atoms with Gasteiger partial charge >= 0.3 is 0 Å². The zero-order chi connectivity index (χ0) is 13.3. The molecule has 1 saturated heterocycles. The van der Waals surface area contributed by atoms with Crippen LogP contribution in [0.4, 0.5) is 0 Å². The summed E-state index contributed by atoms with van der Waals surface area (Å²) in [5, 5.41) is 9.87. The lowest BCUT2D eigenvalue weighted by molar-refractivity contribution is -0.164. The van der Waals surface area contributed by atoms with Gasteiger partial charge in [0.1, 0.15) is 0 Å². The molecule has 0 radical (unpaired) electrons. The maximum atomic E-state index is 9.87. The van der Waals surface area contributed by atoms with Gasteiger partial charge in [-0.1, -0.05) is 45.3 Å². The van der Waals surface area contributed by atoms with Crippen molar-refractivity contribution in [3.05, 3.63) is 11.6 Å². The Hall–Kier alpha value is -0.340. The number of hydrogen-bond acceptors (Lipinski definition) is 2. The summed E-state index contributed by atoms with van der Waals surface area (Å²) in [4.78, 5) is 0. The zero-order valence-electron chi connectivity index (χ0n) is 12.3. The molecule has 1 fully saturated rings. The molecule has 0 aromatic carbocycles. The number of fused-ring (bicyclic) bond motifs is 2. The van der Waals surface area contributed by atoms with Crippen molar-refractivity contribution in [3.8, 4) is 0 Å². The summed E-state index contributed by atoms with van der Waals surface area (Å²) in [6, 6.07) is 0. The molecule has 1 aliphatic heterocycles. The quantitative estimate of drug-likeness (QED) is 0.777. The molecule has 0 unspecified atom stereocenters. The number of aliphatic hydroxyl groups is 1. The van der Waals surface area contributed by atoms with Gasteiger partial charge in [0.15, 0.2) is 0 Å². The molecule has 2 heteroatoms.